The molecule has 0 aliphatic rings. The molecule has 0 unspecified atom stereocenters. The quantitative estimate of drug-likeness (QED) is 0.349. The van der Waals surface area contributed by atoms with Gasteiger partial charge in [-0.05, 0) is 0 Å². The van der Waals surface area contributed by atoms with Crippen molar-refractivity contribution in [2.75, 3.05) is 13.2 Å². The highest BCUT2D eigenvalue weighted by Crippen LogP contribution is 1.33. The number of rotatable bonds is 1. The molecule has 0 radical (unpaired) electrons. The molecule has 0 aliphatic heterocycles. The summed E-state index contributed by atoms with van der Waals surface area (Å²) in [4.78, 5) is 0. The maximum absolute atomic E-state index is 7.75. The summed E-state index contributed by atoms with van der Waals surface area (Å²) in [7, 11) is 0. The highest BCUT2D eigenvalue weighted by atomic mass is 35.5. The topological polar surface area (TPSA) is 46.2 Å². The average Bonchev–Trinajstić information content (AvgIpc) is 1.37. The van der Waals surface area contributed by atoms with Gasteiger partial charge in [0, 0.05) is 6.54 Å². The number of hydrogen-bond donors (Lipinski definition) is 2. The first-order valence-electron chi connectivity index (χ1n) is 1.22. The van der Waals surface area contributed by atoms with Crippen molar-refractivity contribution < 1.29 is 17.5 Å². The van der Waals surface area contributed by atoms with E-state index in [-0.39, 0.29) is 19.0 Å². The Kier molecular flexibility index (Phi) is 15.9. The lowest BCUT2D eigenvalue weighted by Gasteiger charge is -1.71. The molecule has 0 aromatic heterocycles. The summed E-state index contributed by atoms with van der Waals surface area (Å²) in [6.45, 7) is 0.472. The molecule has 0 aromatic carbocycles. The van der Waals surface area contributed by atoms with E-state index in [9.17, 15) is 0 Å². The second-order valence-corrected chi connectivity index (χ2v) is 0.512. The summed E-state index contributed by atoms with van der Waals surface area (Å²) in [5.74, 6) is 0. The van der Waals surface area contributed by atoms with E-state index in [0.29, 0.717) is 6.54 Å². The van der Waals surface area contributed by atoms with Gasteiger partial charge in [0.25, 0.3) is 0 Å². The van der Waals surface area contributed by atoms with E-state index < -0.39 is 0 Å². The lowest BCUT2D eigenvalue weighted by atomic mass is 10.8. The number of halogens is 1. The molecule has 0 rings (SSSR count). The SMILES string of the molecule is NCCO.[Cl-]. The van der Waals surface area contributed by atoms with Crippen LogP contribution in [0, 0.1) is 0 Å². The van der Waals surface area contributed by atoms with Crippen molar-refractivity contribution in [2.45, 2.75) is 0 Å². The molecule has 0 saturated heterocycles. The van der Waals surface area contributed by atoms with Crippen molar-refractivity contribution in [1.82, 2.24) is 0 Å². The summed E-state index contributed by atoms with van der Waals surface area (Å²) < 4.78 is 0. The fourth-order valence-electron chi connectivity index (χ4n) is 0. The molecule has 0 aromatic rings. The molecule has 3 heteroatoms. The van der Waals surface area contributed by atoms with Crippen molar-refractivity contribution in [3.05, 3.63) is 0 Å². The zero-order chi connectivity index (χ0) is 3.41. The van der Waals surface area contributed by atoms with Crippen LogP contribution < -0.4 is 18.1 Å². The molecule has 0 bridgehead atoms. The normalized spacial score (nSPS) is 6.00. The standard InChI is InChI=1S/C2H7NO.ClH/c3-1-2-4;/h4H,1-3H2;1H/p-1. The van der Waals surface area contributed by atoms with Gasteiger partial charge in [0.05, 0.1) is 6.61 Å². The van der Waals surface area contributed by atoms with Crippen LogP contribution in [0.4, 0.5) is 0 Å². The third-order valence-electron chi connectivity index (χ3n) is 0.129. The molecule has 0 atom stereocenters. The van der Waals surface area contributed by atoms with Crippen LogP contribution in [0.15, 0.2) is 0 Å². The second kappa shape index (κ2) is 8.88. The monoisotopic (exact) mass is 96.0 g/mol. The molecular weight excluding hydrogens is 89.5 g/mol. The maximum Gasteiger partial charge on any atom is 0.0553 e. The number of nitrogens with two attached hydrogens (primary N) is 1. The largest absolute Gasteiger partial charge is 1.00 e. The minimum Gasteiger partial charge on any atom is -1.00 e. The summed E-state index contributed by atoms with van der Waals surface area (Å²) >= 11 is 0. The molecule has 0 amide bonds. The third-order valence-corrected chi connectivity index (χ3v) is 0.129. The van der Waals surface area contributed by atoms with E-state index in [2.05, 4.69) is 0 Å². The Morgan fingerprint density at radius 1 is 1.60 bits per heavy atom. The van der Waals surface area contributed by atoms with Crippen LogP contribution in [0.1, 0.15) is 0 Å². The molecule has 0 saturated carbocycles. The molecule has 0 aliphatic carbocycles. The summed E-state index contributed by atoms with van der Waals surface area (Å²) in [5.41, 5.74) is 4.78. The summed E-state index contributed by atoms with van der Waals surface area (Å²) in [6, 6.07) is 0. The zero-order valence-electron chi connectivity index (χ0n) is 2.82. The smallest absolute Gasteiger partial charge is 0.0553 e. The first-order chi connectivity index (χ1) is 1.91. The van der Waals surface area contributed by atoms with Crippen LogP contribution in [0.3, 0.4) is 0 Å². The first-order valence-corrected chi connectivity index (χ1v) is 1.22. The molecule has 2 nitrogen and oxygen atoms in total. The van der Waals surface area contributed by atoms with Crippen molar-refractivity contribution in [3.63, 3.8) is 0 Å². The molecule has 0 spiro atoms. The number of aliphatic hydroxyl groups is 1. The first kappa shape index (κ1) is 8.96. The van der Waals surface area contributed by atoms with Gasteiger partial charge < -0.3 is 23.2 Å². The second-order valence-electron chi connectivity index (χ2n) is 0.512. The minimum atomic E-state index is 0. The molecule has 0 heterocycles. The van der Waals surface area contributed by atoms with Crippen LogP contribution in [-0.2, 0) is 0 Å². The van der Waals surface area contributed by atoms with Crippen molar-refractivity contribution in [3.8, 4) is 0 Å². The highest BCUT2D eigenvalue weighted by Gasteiger charge is 1.56. The van der Waals surface area contributed by atoms with Crippen LogP contribution in [-0.4, -0.2) is 18.3 Å². The van der Waals surface area contributed by atoms with Crippen molar-refractivity contribution in [1.29, 1.82) is 0 Å². The molecule has 5 heavy (non-hydrogen) atoms. The molecule has 34 valence electrons. The van der Waals surface area contributed by atoms with E-state index in [0.717, 1.165) is 0 Å². The van der Waals surface area contributed by atoms with Gasteiger partial charge in [-0.1, -0.05) is 0 Å². The molecule has 3 N–H and O–H groups in total. The summed E-state index contributed by atoms with van der Waals surface area (Å²) in [6.07, 6.45) is 0. The third kappa shape index (κ3) is 14.0. The Bertz CT molecular complexity index is 11.6. The van der Waals surface area contributed by atoms with Crippen LogP contribution in [0.2, 0.25) is 0 Å². The van der Waals surface area contributed by atoms with E-state index in [1.54, 1.807) is 0 Å². The Balaban J connectivity index is 0. The Hall–Kier alpha value is 0.210. The van der Waals surface area contributed by atoms with Gasteiger partial charge in [-0.2, -0.15) is 0 Å². The Labute approximate surface area is 37.4 Å². The van der Waals surface area contributed by atoms with Crippen LogP contribution in [0.5, 0.6) is 0 Å². The Morgan fingerprint density at radius 3 is 1.80 bits per heavy atom. The molecular formula is C2H7ClNO-. The molecule has 0 fully saturated rings. The number of hydrogen-bond acceptors (Lipinski definition) is 2. The van der Waals surface area contributed by atoms with Gasteiger partial charge in [0.2, 0.25) is 0 Å². The van der Waals surface area contributed by atoms with Gasteiger partial charge in [-0.25, -0.2) is 0 Å². The van der Waals surface area contributed by atoms with E-state index in [4.69, 9.17) is 10.8 Å². The lowest BCUT2D eigenvalue weighted by molar-refractivity contribution is -0.00000198. The van der Waals surface area contributed by atoms with Crippen LogP contribution in [0.25, 0.3) is 0 Å². The van der Waals surface area contributed by atoms with E-state index >= 15 is 0 Å². The van der Waals surface area contributed by atoms with Crippen LogP contribution >= 0.6 is 0 Å². The van der Waals surface area contributed by atoms with E-state index in [1.165, 1.54) is 0 Å². The minimum absolute atomic E-state index is 0. The fourth-order valence-corrected chi connectivity index (χ4v) is 0. The van der Waals surface area contributed by atoms with Gasteiger partial charge in [0.1, 0.15) is 0 Å². The van der Waals surface area contributed by atoms with Gasteiger partial charge >= 0.3 is 0 Å². The van der Waals surface area contributed by atoms with E-state index in [1.807, 2.05) is 0 Å². The Morgan fingerprint density at radius 2 is 1.80 bits per heavy atom. The van der Waals surface area contributed by atoms with Crippen molar-refractivity contribution in [2.24, 2.45) is 5.73 Å². The lowest BCUT2D eigenvalue weighted by Crippen LogP contribution is -3.00. The maximum atomic E-state index is 7.75. The predicted molar refractivity (Wildman–Crippen MR) is 16.1 cm³/mol. The van der Waals surface area contributed by atoms with Gasteiger partial charge in [0.15, 0.2) is 0 Å². The van der Waals surface area contributed by atoms with Gasteiger partial charge in [-0.3, -0.25) is 0 Å². The zero-order valence-corrected chi connectivity index (χ0v) is 3.57. The fraction of sp³-hybridized carbons (Fsp3) is 1.00. The van der Waals surface area contributed by atoms with Gasteiger partial charge in [-0.15, -0.1) is 0 Å². The predicted octanol–water partition coefficient (Wildman–Crippen LogP) is -4.06. The number of aliphatic hydroxyl groups excluding tert-OH is 1. The average molecular weight is 96.5 g/mol. The summed E-state index contributed by atoms with van der Waals surface area (Å²) in [5, 5.41) is 7.75. The highest BCUT2D eigenvalue weighted by molar-refractivity contribution is 4.17. The van der Waals surface area contributed by atoms with Crippen molar-refractivity contribution >= 4 is 0 Å².